The molecule has 0 unspecified atom stereocenters. The molecule has 7 rings (SSSR count). The smallest absolute Gasteiger partial charge is 0.222 e. The summed E-state index contributed by atoms with van der Waals surface area (Å²) in [6.07, 6.45) is 9.82. The van der Waals surface area contributed by atoms with E-state index in [1.807, 2.05) is 45.0 Å². The molecule has 0 saturated heterocycles. The van der Waals surface area contributed by atoms with E-state index in [1.54, 1.807) is 6.20 Å². The first kappa shape index (κ1) is 28.4. The Balaban J connectivity index is 1.01. The lowest BCUT2D eigenvalue weighted by atomic mass is 9.54. The van der Waals surface area contributed by atoms with Crippen molar-refractivity contribution in [1.29, 1.82) is 5.26 Å². The minimum Gasteiger partial charge on any atom is -0.476 e. The van der Waals surface area contributed by atoms with E-state index >= 15 is 0 Å². The second-order valence-corrected chi connectivity index (χ2v) is 12.6. The zero-order valence-corrected chi connectivity index (χ0v) is 24.8. The number of anilines is 1. The molecule has 9 nitrogen and oxygen atoms in total. The third-order valence-electron chi connectivity index (χ3n) is 9.53. The van der Waals surface area contributed by atoms with Crippen LogP contribution in [0.4, 0.5) is 5.82 Å². The lowest BCUT2D eigenvalue weighted by Crippen LogP contribution is -2.52. The highest BCUT2D eigenvalue weighted by Crippen LogP contribution is 2.57. The fourth-order valence-corrected chi connectivity index (χ4v) is 7.87. The predicted molar refractivity (Wildman–Crippen MR) is 160 cm³/mol. The third-order valence-corrected chi connectivity index (χ3v) is 9.53. The number of nitriles is 1. The predicted octanol–water partition coefficient (Wildman–Crippen LogP) is 5.56. The van der Waals surface area contributed by atoms with Crippen LogP contribution >= 0.6 is 0 Å². The summed E-state index contributed by atoms with van der Waals surface area (Å²) >= 11 is 0. The molecular formula is C33H40N6O3. The number of aryl methyl sites for hydroxylation is 1. The van der Waals surface area contributed by atoms with Gasteiger partial charge >= 0.3 is 0 Å². The van der Waals surface area contributed by atoms with Crippen LogP contribution < -0.4 is 15.4 Å². The number of benzene rings is 1. The van der Waals surface area contributed by atoms with Gasteiger partial charge in [0.1, 0.15) is 6.61 Å². The average Bonchev–Trinajstić information content (AvgIpc) is 2.96. The summed E-state index contributed by atoms with van der Waals surface area (Å²) in [4.78, 5) is 16.9. The summed E-state index contributed by atoms with van der Waals surface area (Å²) in [7, 11) is 0. The summed E-state index contributed by atoms with van der Waals surface area (Å²) in [5, 5.41) is 26.3. The maximum absolute atomic E-state index is 12.5. The molecule has 4 saturated carbocycles. The van der Waals surface area contributed by atoms with Crippen LogP contribution in [0.2, 0.25) is 0 Å². The fraction of sp³-hybridized carbons (Fsp3) is 0.545. The molecule has 220 valence electrons. The van der Waals surface area contributed by atoms with E-state index in [-0.39, 0.29) is 17.6 Å². The highest BCUT2D eigenvalue weighted by atomic mass is 16.5. The SMILES string of the molecule is Cc1c(C#N)cccc1[C@@H](C)Nc1nnc(C)c2cnc(OCCNC(=O)CCOC34CC5CC(CC(C5)C3)C4)cc12. The Morgan fingerprint density at radius 1 is 1.10 bits per heavy atom. The second-order valence-electron chi connectivity index (χ2n) is 12.6. The van der Waals surface area contributed by atoms with Crippen molar-refractivity contribution in [3.8, 4) is 11.9 Å². The number of ether oxygens (including phenoxy) is 2. The van der Waals surface area contributed by atoms with Gasteiger partial charge in [0, 0.05) is 29.5 Å². The zero-order chi connectivity index (χ0) is 29.3. The lowest BCUT2D eigenvalue weighted by molar-refractivity contribution is -0.164. The molecule has 3 aromatic rings. The van der Waals surface area contributed by atoms with Crippen molar-refractivity contribution in [2.24, 2.45) is 17.8 Å². The average molecular weight is 569 g/mol. The zero-order valence-electron chi connectivity index (χ0n) is 24.8. The minimum absolute atomic E-state index is 0.0167. The Bertz CT molecular complexity index is 1480. The van der Waals surface area contributed by atoms with Gasteiger partial charge in [-0.2, -0.15) is 10.4 Å². The van der Waals surface area contributed by atoms with E-state index in [1.165, 1.54) is 38.5 Å². The van der Waals surface area contributed by atoms with Crippen LogP contribution in [-0.4, -0.2) is 46.4 Å². The monoisotopic (exact) mass is 568 g/mol. The molecule has 4 aliphatic rings. The van der Waals surface area contributed by atoms with Crippen molar-refractivity contribution in [3.63, 3.8) is 0 Å². The van der Waals surface area contributed by atoms with Gasteiger partial charge in [-0.05, 0) is 94.2 Å². The highest BCUT2D eigenvalue weighted by molar-refractivity contribution is 5.93. The van der Waals surface area contributed by atoms with Gasteiger partial charge in [0.15, 0.2) is 5.82 Å². The van der Waals surface area contributed by atoms with Crippen molar-refractivity contribution >= 4 is 22.5 Å². The Morgan fingerprint density at radius 2 is 1.83 bits per heavy atom. The number of fused-ring (bicyclic) bond motifs is 1. The van der Waals surface area contributed by atoms with Crippen molar-refractivity contribution in [1.82, 2.24) is 20.5 Å². The largest absolute Gasteiger partial charge is 0.476 e. The number of rotatable bonds is 11. The molecule has 0 radical (unpaired) electrons. The van der Waals surface area contributed by atoms with E-state index in [0.29, 0.717) is 43.4 Å². The van der Waals surface area contributed by atoms with E-state index in [2.05, 4.69) is 31.9 Å². The van der Waals surface area contributed by atoms with E-state index in [0.717, 1.165) is 45.3 Å². The molecule has 2 heterocycles. The van der Waals surface area contributed by atoms with Gasteiger partial charge in [-0.25, -0.2) is 4.98 Å². The van der Waals surface area contributed by atoms with Crippen LogP contribution in [0.15, 0.2) is 30.5 Å². The molecule has 2 N–H and O–H groups in total. The van der Waals surface area contributed by atoms with Gasteiger partial charge in [-0.15, -0.1) is 5.10 Å². The Morgan fingerprint density at radius 3 is 2.55 bits per heavy atom. The first-order valence-corrected chi connectivity index (χ1v) is 15.2. The fourth-order valence-electron chi connectivity index (χ4n) is 7.87. The minimum atomic E-state index is -0.0989. The molecule has 1 amide bonds. The van der Waals surface area contributed by atoms with Crippen molar-refractivity contribution in [2.75, 3.05) is 25.1 Å². The summed E-state index contributed by atoms with van der Waals surface area (Å²) in [6, 6.07) is 9.73. The molecule has 4 aliphatic carbocycles. The van der Waals surface area contributed by atoms with Gasteiger partial charge in [0.2, 0.25) is 11.8 Å². The number of pyridine rings is 1. The Kier molecular flexibility index (Phi) is 8.00. The topological polar surface area (TPSA) is 122 Å². The standard InChI is InChI=1S/C33H40N6O3/c1-20-26(18-34)5-4-6-27(20)21(2)37-32-28-14-31(36-19-29(28)22(3)38-39-32)41-10-8-35-30(40)7-9-42-33-15-23-11-24(16-33)13-25(12-23)17-33/h4-6,14,19,21,23-25H,7-13,15-17H2,1-3H3,(H,35,40)(H,37,39)/t21-,23?,24?,25?,33?/m1/s1. The maximum atomic E-state index is 12.5. The molecule has 2 aromatic heterocycles. The van der Waals surface area contributed by atoms with E-state index < -0.39 is 0 Å². The highest BCUT2D eigenvalue weighted by Gasteiger charge is 2.51. The van der Waals surface area contributed by atoms with Gasteiger partial charge in [0.05, 0.1) is 42.1 Å². The lowest BCUT2D eigenvalue weighted by Gasteiger charge is -2.56. The quantitative estimate of drug-likeness (QED) is 0.289. The number of aromatic nitrogens is 3. The summed E-state index contributed by atoms with van der Waals surface area (Å²) in [5.74, 6) is 3.56. The third kappa shape index (κ3) is 5.91. The summed E-state index contributed by atoms with van der Waals surface area (Å²) in [6.45, 7) is 7.06. The summed E-state index contributed by atoms with van der Waals surface area (Å²) in [5.41, 5.74) is 3.43. The number of carbonyl (C=O) groups is 1. The summed E-state index contributed by atoms with van der Waals surface area (Å²) < 4.78 is 12.3. The molecule has 1 aromatic carbocycles. The van der Waals surface area contributed by atoms with Crippen LogP contribution in [0.25, 0.3) is 10.8 Å². The van der Waals surface area contributed by atoms with Crippen LogP contribution in [0.3, 0.4) is 0 Å². The van der Waals surface area contributed by atoms with Crippen LogP contribution in [-0.2, 0) is 9.53 Å². The van der Waals surface area contributed by atoms with Gasteiger partial charge in [0.25, 0.3) is 0 Å². The number of amides is 1. The normalized spacial score (nSPS) is 24.8. The van der Waals surface area contributed by atoms with Crippen molar-refractivity contribution < 1.29 is 14.3 Å². The van der Waals surface area contributed by atoms with E-state index in [9.17, 15) is 10.1 Å². The molecule has 0 aliphatic heterocycles. The number of nitrogens with one attached hydrogen (secondary N) is 2. The first-order valence-electron chi connectivity index (χ1n) is 15.2. The Labute approximate surface area is 247 Å². The van der Waals surface area contributed by atoms with Gasteiger partial charge in [-0.3, -0.25) is 4.79 Å². The van der Waals surface area contributed by atoms with Crippen LogP contribution in [0, 0.1) is 42.9 Å². The number of hydrogen-bond donors (Lipinski definition) is 2. The number of nitrogens with zero attached hydrogens (tertiary/aromatic N) is 4. The molecule has 1 atom stereocenters. The second kappa shape index (κ2) is 11.8. The molecule has 9 heteroatoms. The van der Waals surface area contributed by atoms with Crippen molar-refractivity contribution in [3.05, 3.63) is 52.8 Å². The van der Waals surface area contributed by atoms with E-state index in [4.69, 9.17) is 9.47 Å². The molecular weight excluding hydrogens is 528 g/mol. The number of hydrogen-bond acceptors (Lipinski definition) is 8. The maximum Gasteiger partial charge on any atom is 0.222 e. The molecule has 4 fully saturated rings. The Hall–Kier alpha value is -3.77. The molecule has 0 spiro atoms. The molecule has 42 heavy (non-hydrogen) atoms. The van der Waals surface area contributed by atoms with Crippen LogP contribution in [0.1, 0.15) is 80.3 Å². The van der Waals surface area contributed by atoms with Crippen molar-refractivity contribution in [2.45, 2.75) is 77.4 Å². The van der Waals surface area contributed by atoms with Gasteiger partial charge < -0.3 is 20.1 Å². The van der Waals surface area contributed by atoms with Gasteiger partial charge in [-0.1, -0.05) is 12.1 Å². The number of carbonyl (C=O) groups excluding carboxylic acids is 1. The first-order chi connectivity index (χ1) is 20.3. The molecule has 4 bridgehead atoms. The van der Waals surface area contributed by atoms with Crippen LogP contribution in [0.5, 0.6) is 5.88 Å².